The van der Waals surface area contributed by atoms with E-state index in [1.54, 1.807) is 6.92 Å². The number of anilines is 1. The number of carbonyl (C=O) groups is 2. The Morgan fingerprint density at radius 3 is 2.65 bits per heavy atom. The van der Waals surface area contributed by atoms with E-state index < -0.39 is 11.9 Å². The Labute approximate surface area is 104 Å². The minimum atomic E-state index is -0.533. The normalized spacial score (nSPS) is 10.5. The molecule has 92 valence electrons. The number of nitrogens with zero attached hydrogens (tertiary/aromatic N) is 1. The zero-order chi connectivity index (χ0) is 12.8. The molecule has 0 unspecified atom stereocenters. The number of esters is 1. The number of amides is 1. The van der Waals surface area contributed by atoms with E-state index in [2.05, 4.69) is 15.0 Å². The highest BCUT2D eigenvalue weighted by Crippen LogP contribution is 2.20. The van der Waals surface area contributed by atoms with E-state index in [4.69, 9.17) is 0 Å². The number of thiazole rings is 1. The van der Waals surface area contributed by atoms with Crippen LogP contribution in [0.15, 0.2) is 12.2 Å². The summed E-state index contributed by atoms with van der Waals surface area (Å²) in [5, 5.41) is 3.10. The van der Waals surface area contributed by atoms with Crippen molar-refractivity contribution in [3.8, 4) is 0 Å². The van der Waals surface area contributed by atoms with Crippen molar-refractivity contribution in [2.75, 3.05) is 11.9 Å². The quantitative estimate of drug-likeness (QED) is 0.657. The van der Waals surface area contributed by atoms with Gasteiger partial charge in [-0.15, -0.1) is 11.3 Å². The van der Waals surface area contributed by atoms with Gasteiger partial charge in [0.2, 0.25) is 5.91 Å². The molecule has 0 fully saturated rings. The maximum absolute atomic E-state index is 11.4. The Bertz CT molecular complexity index is 432. The fourth-order valence-corrected chi connectivity index (χ4v) is 1.82. The molecule has 0 saturated heterocycles. The number of carbonyl (C=O) groups excluding carboxylic acids is 2. The highest BCUT2D eigenvalue weighted by atomic mass is 32.1. The van der Waals surface area contributed by atoms with Gasteiger partial charge in [-0.05, 0) is 20.8 Å². The van der Waals surface area contributed by atoms with E-state index in [0.29, 0.717) is 5.13 Å². The van der Waals surface area contributed by atoms with E-state index in [1.807, 2.05) is 13.8 Å². The highest BCUT2D eigenvalue weighted by Gasteiger charge is 2.05. The van der Waals surface area contributed by atoms with Crippen LogP contribution in [0.1, 0.15) is 17.5 Å². The van der Waals surface area contributed by atoms with Gasteiger partial charge < -0.3 is 4.74 Å². The lowest BCUT2D eigenvalue weighted by atomic mass is 10.4. The summed E-state index contributed by atoms with van der Waals surface area (Å²) in [5.41, 5.74) is 0.889. The zero-order valence-electron chi connectivity index (χ0n) is 9.94. The Kier molecular flexibility index (Phi) is 4.84. The summed E-state index contributed by atoms with van der Waals surface area (Å²) in [4.78, 5) is 27.6. The number of nitrogens with one attached hydrogen (secondary N) is 1. The molecule has 0 aliphatic rings. The first-order valence-corrected chi connectivity index (χ1v) is 5.94. The molecule has 0 radical (unpaired) electrons. The Balaban J connectivity index is 2.52. The predicted molar refractivity (Wildman–Crippen MR) is 66.0 cm³/mol. The first-order chi connectivity index (χ1) is 8.02. The largest absolute Gasteiger partial charge is 0.463 e. The minimum Gasteiger partial charge on any atom is -0.463 e. The SMILES string of the molecule is CCOC(=O)/C=C/C(=O)Nc1nc(C)c(C)s1. The van der Waals surface area contributed by atoms with Crippen LogP contribution >= 0.6 is 11.3 Å². The number of hydrogen-bond acceptors (Lipinski definition) is 5. The van der Waals surface area contributed by atoms with Crippen LogP contribution in [-0.2, 0) is 14.3 Å². The summed E-state index contributed by atoms with van der Waals surface area (Å²) in [6.45, 7) is 5.79. The predicted octanol–water partition coefficient (Wildman–Crippen LogP) is 1.82. The topological polar surface area (TPSA) is 68.3 Å². The van der Waals surface area contributed by atoms with Gasteiger partial charge in [-0.25, -0.2) is 9.78 Å². The zero-order valence-corrected chi connectivity index (χ0v) is 10.8. The minimum absolute atomic E-state index is 0.287. The van der Waals surface area contributed by atoms with Gasteiger partial charge in [-0.3, -0.25) is 10.1 Å². The van der Waals surface area contributed by atoms with E-state index in [9.17, 15) is 9.59 Å². The third-order valence-corrected chi connectivity index (χ3v) is 2.90. The molecule has 0 aromatic carbocycles. The van der Waals surface area contributed by atoms with Crippen LogP contribution < -0.4 is 5.32 Å². The van der Waals surface area contributed by atoms with Crippen molar-refractivity contribution in [2.45, 2.75) is 20.8 Å². The average Bonchev–Trinajstić information content (AvgIpc) is 2.55. The molecule has 0 saturated carbocycles. The first kappa shape index (κ1) is 13.4. The van der Waals surface area contributed by atoms with E-state index in [-0.39, 0.29) is 6.61 Å². The lowest BCUT2D eigenvalue weighted by Gasteiger charge is -1.96. The second kappa shape index (κ2) is 6.15. The van der Waals surface area contributed by atoms with Crippen LogP contribution in [-0.4, -0.2) is 23.5 Å². The van der Waals surface area contributed by atoms with Crippen LogP contribution in [0, 0.1) is 13.8 Å². The Morgan fingerprint density at radius 1 is 1.41 bits per heavy atom. The summed E-state index contributed by atoms with van der Waals surface area (Å²) in [7, 11) is 0. The third kappa shape index (κ3) is 4.36. The highest BCUT2D eigenvalue weighted by molar-refractivity contribution is 7.15. The Hall–Kier alpha value is -1.69. The summed E-state index contributed by atoms with van der Waals surface area (Å²) in [6.07, 6.45) is 2.22. The van der Waals surface area contributed by atoms with Gasteiger partial charge in [0.25, 0.3) is 0 Å². The van der Waals surface area contributed by atoms with Crippen molar-refractivity contribution >= 4 is 28.3 Å². The van der Waals surface area contributed by atoms with Gasteiger partial charge in [0.1, 0.15) is 0 Å². The molecule has 1 aromatic rings. The molecule has 0 aliphatic heterocycles. The second-order valence-corrected chi connectivity index (χ2v) is 4.44. The van der Waals surface area contributed by atoms with E-state index in [1.165, 1.54) is 11.3 Å². The lowest BCUT2D eigenvalue weighted by molar-refractivity contribution is -0.137. The first-order valence-electron chi connectivity index (χ1n) is 5.12. The number of rotatable bonds is 4. The van der Waals surface area contributed by atoms with Crippen LogP contribution in [0.4, 0.5) is 5.13 Å². The Morgan fingerprint density at radius 2 is 2.12 bits per heavy atom. The van der Waals surface area contributed by atoms with Crippen molar-refractivity contribution in [3.63, 3.8) is 0 Å². The molecule has 1 rings (SSSR count). The van der Waals surface area contributed by atoms with Gasteiger partial charge in [0.15, 0.2) is 5.13 Å². The smallest absolute Gasteiger partial charge is 0.330 e. The van der Waals surface area contributed by atoms with Crippen molar-refractivity contribution < 1.29 is 14.3 Å². The fourth-order valence-electron chi connectivity index (χ4n) is 1.01. The molecule has 0 atom stereocenters. The molecule has 0 aliphatic carbocycles. The summed E-state index contributed by atoms with van der Waals surface area (Å²) < 4.78 is 4.65. The van der Waals surface area contributed by atoms with Crippen LogP contribution in [0.3, 0.4) is 0 Å². The number of hydrogen-bond donors (Lipinski definition) is 1. The van der Waals surface area contributed by atoms with Crippen LogP contribution in [0.5, 0.6) is 0 Å². The molecule has 1 heterocycles. The molecule has 1 aromatic heterocycles. The van der Waals surface area contributed by atoms with Gasteiger partial charge in [0, 0.05) is 17.0 Å². The number of ether oxygens (including phenoxy) is 1. The maximum Gasteiger partial charge on any atom is 0.330 e. The summed E-state index contributed by atoms with van der Waals surface area (Å²) in [5.74, 6) is -0.930. The third-order valence-electron chi connectivity index (χ3n) is 1.92. The summed E-state index contributed by atoms with van der Waals surface area (Å²) >= 11 is 1.39. The number of aromatic nitrogens is 1. The molecule has 5 nitrogen and oxygen atoms in total. The van der Waals surface area contributed by atoms with Crippen LogP contribution in [0.2, 0.25) is 0 Å². The van der Waals surface area contributed by atoms with Crippen molar-refractivity contribution in [2.24, 2.45) is 0 Å². The lowest BCUT2D eigenvalue weighted by Crippen LogP contribution is -2.09. The monoisotopic (exact) mass is 254 g/mol. The molecular formula is C11H14N2O3S. The van der Waals surface area contributed by atoms with E-state index >= 15 is 0 Å². The van der Waals surface area contributed by atoms with Crippen molar-refractivity contribution in [1.82, 2.24) is 4.98 Å². The molecule has 17 heavy (non-hydrogen) atoms. The van der Waals surface area contributed by atoms with Gasteiger partial charge in [-0.2, -0.15) is 0 Å². The molecular weight excluding hydrogens is 240 g/mol. The maximum atomic E-state index is 11.4. The molecule has 0 bridgehead atoms. The van der Waals surface area contributed by atoms with Crippen molar-refractivity contribution in [3.05, 3.63) is 22.7 Å². The second-order valence-electron chi connectivity index (χ2n) is 3.24. The fraction of sp³-hybridized carbons (Fsp3) is 0.364. The molecule has 0 spiro atoms. The van der Waals surface area contributed by atoms with Crippen LogP contribution in [0.25, 0.3) is 0 Å². The molecule has 6 heteroatoms. The van der Waals surface area contributed by atoms with Gasteiger partial charge in [-0.1, -0.05) is 0 Å². The van der Waals surface area contributed by atoms with Gasteiger partial charge in [0.05, 0.1) is 12.3 Å². The molecule has 1 amide bonds. The average molecular weight is 254 g/mol. The van der Waals surface area contributed by atoms with Gasteiger partial charge >= 0.3 is 5.97 Å². The molecule has 1 N–H and O–H groups in total. The summed E-state index contributed by atoms with van der Waals surface area (Å²) in [6, 6.07) is 0. The number of aryl methyl sites for hydroxylation is 2. The standard InChI is InChI=1S/C11H14N2O3S/c1-4-16-10(15)6-5-9(14)13-11-12-7(2)8(3)17-11/h5-6H,4H2,1-3H3,(H,12,13,14)/b6-5+. The van der Waals surface area contributed by atoms with Crippen molar-refractivity contribution in [1.29, 1.82) is 0 Å². The van der Waals surface area contributed by atoms with E-state index in [0.717, 1.165) is 22.7 Å².